The molecule has 1 amide bonds. The Kier molecular flexibility index (Phi) is 6.46. The van der Waals surface area contributed by atoms with Gasteiger partial charge < -0.3 is 10.6 Å². The normalized spacial score (nSPS) is 13.4. The predicted octanol–water partition coefficient (Wildman–Crippen LogP) is 3.50. The zero-order valence-electron chi connectivity index (χ0n) is 13.2. The fourth-order valence-corrected chi connectivity index (χ4v) is 2.82. The molecule has 0 unspecified atom stereocenters. The molecule has 0 saturated carbocycles. The minimum atomic E-state index is -0.115. The molecule has 0 aliphatic heterocycles. The number of benzene rings is 2. The molecule has 2 aromatic carbocycles. The van der Waals surface area contributed by atoms with Crippen molar-refractivity contribution in [3.63, 3.8) is 0 Å². The van der Waals surface area contributed by atoms with E-state index in [2.05, 4.69) is 12.2 Å². The van der Waals surface area contributed by atoms with Gasteiger partial charge in [0.2, 0.25) is 0 Å². The standard InChI is InChI=1S/C18H20Cl2N2O/c1-12(14-7-9-15(19)10-8-14)21-11-18(23)22-13(2)16-5-3-4-6-17(16)20/h3-10,12-13,21H,11H2,1-2H3,(H,22,23)/p+1/t12-,13+/m1/s1. The largest absolute Gasteiger partial charge is 0.345 e. The summed E-state index contributed by atoms with van der Waals surface area (Å²) in [5.74, 6) is -0.0155. The van der Waals surface area contributed by atoms with Crippen LogP contribution in [0, 0.1) is 0 Å². The third-order valence-electron chi connectivity index (χ3n) is 3.80. The number of hydrogen-bond acceptors (Lipinski definition) is 1. The van der Waals surface area contributed by atoms with E-state index in [4.69, 9.17) is 23.2 Å². The van der Waals surface area contributed by atoms with E-state index in [1.807, 2.05) is 60.8 Å². The Hall–Kier alpha value is -1.55. The topological polar surface area (TPSA) is 45.7 Å². The average Bonchev–Trinajstić information content (AvgIpc) is 2.53. The van der Waals surface area contributed by atoms with Gasteiger partial charge in [-0.2, -0.15) is 0 Å². The molecule has 23 heavy (non-hydrogen) atoms. The SMILES string of the molecule is C[C@H](NC(=O)C[NH2+][C@H](C)c1ccc(Cl)cc1)c1ccccc1Cl. The highest BCUT2D eigenvalue weighted by Crippen LogP contribution is 2.21. The van der Waals surface area contributed by atoms with Gasteiger partial charge in [-0.25, -0.2) is 0 Å². The molecule has 0 aliphatic carbocycles. The fourth-order valence-electron chi connectivity index (χ4n) is 2.39. The van der Waals surface area contributed by atoms with Crippen molar-refractivity contribution in [3.8, 4) is 0 Å². The van der Waals surface area contributed by atoms with Crippen molar-refractivity contribution in [2.75, 3.05) is 6.54 Å². The number of carbonyl (C=O) groups is 1. The van der Waals surface area contributed by atoms with Crippen molar-refractivity contribution in [2.24, 2.45) is 0 Å². The maximum atomic E-state index is 12.1. The smallest absolute Gasteiger partial charge is 0.275 e. The summed E-state index contributed by atoms with van der Waals surface area (Å²) in [6.07, 6.45) is 0. The van der Waals surface area contributed by atoms with Gasteiger partial charge in [0, 0.05) is 15.6 Å². The Morgan fingerprint density at radius 3 is 2.39 bits per heavy atom. The third-order valence-corrected chi connectivity index (χ3v) is 4.40. The summed E-state index contributed by atoms with van der Waals surface area (Å²) in [4.78, 5) is 12.1. The summed E-state index contributed by atoms with van der Waals surface area (Å²) >= 11 is 12.0. The molecular formula is C18H21Cl2N2O+. The number of nitrogens with two attached hydrogens (primary N) is 1. The summed E-state index contributed by atoms with van der Waals surface area (Å²) < 4.78 is 0. The van der Waals surface area contributed by atoms with Gasteiger partial charge in [0.25, 0.3) is 5.91 Å². The van der Waals surface area contributed by atoms with Crippen molar-refractivity contribution in [2.45, 2.75) is 25.9 Å². The molecule has 2 rings (SSSR count). The molecule has 0 fully saturated rings. The average molecular weight is 352 g/mol. The lowest BCUT2D eigenvalue weighted by Gasteiger charge is -2.16. The number of halogens is 2. The van der Waals surface area contributed by atoms with E-state index in [-0.39, 0.29) is 18.0 Å². The number of hydrogen-bond donors (Lipinski definition) is 2. The van der Waals surface area contributed by atoms with Crippen LogP contribution in [0.3, 0.4) is 0 Å². The van der Waals surface area contributed by atoms with Crippen molar-refractivity contribution >= 4 is 29.1 Å². The van der Waals surface area contributed by atoms with Gasteiger partial charge in [-0.05, 0) is 37.6 Å². The van der Waals surface area contributed by atoms with Crippen LogP contribution >= 0.6 is 23.2 Å². The third kappa shape index (κ3) is 5.24. The highest BCUT2D eigenvalue weighted by Gasteiger charge is 2.15. The summed E-state index contributed by atoms with van der Waals surface area (Å²) in [7, 11) is 0. The van der Waals surface area contributed by atoms with Gasteiger partial charge in [0.05, 0.1) is 6.04 Å². The van der Waals surface area contributed by atoms with Crippen LogP contribution < -0.4 is 10.6 Å². The zero-order chi connectivity index (χ0) is 16.8. The van der Waals surface area contributed by atoms with Crippen LogP contribution in [-0.2, 0) is 4.79 Å². The van der Waals surface area contributed by atoms with E-state index in [0.29, 0.717) is 16.6 Å². The second-order valence-electron chi connectivity index (χ2n) is 5.59. The summed E-state index contributed by atoms with van der Waals surface area (Å²) in [6.45, 7) is 4.36. The van der Waals surface area contributed by atoms with Crippen LogP contribution in [-0.4, -0.2) is 12.5 Å². The van der Waals surface area contributed by atoms with Crippen molar-refractivity contribution < 1.29 is 10.1 Å². The van der Waals surface area contributed by atoms with Gasteiger partial charge >= 0.3 is 0 Å². The van der Waals surface area contributed by atoms with Gasteiger partial charge in [-0.3, -0.25) is 4.79 Å². The van der Waals surface area contributed by atoms with Gasteiger partial charge in [0.1, 0.15) is 6.04 Å². The maximum Gasteiger partial charge on any atom is 0.275 e. The molecule has 3 N–H and O–H groups in total. The van der Waals surface area contributed by atoms with Crippen LogP contribution in [0.4, 0.5) is 0 Å². The first-order chi connectivity index (χ1) is 11.0. The summed E-state index contributed by atoms with van der Waals surface area (Å²) in [5, 5.41) is 6.36. The van der Waals surface area contributed by atoms with E-state index in [1.54, 1.807) is 0 Å². The zero-order valence-corrected chi connectivity index (χ0v) is 14.7. The fraction of sp³-hybridized carbons (Fsp3) is 0.278. The summed E-state index contributed by atoms with van der Waals surface area (Å²) in [6, 6.07) is 15.3. The quantitative estimate of drug-likeness (QED) is 0.821. The lowest BCUT2D eigenvalue weighted by atomic mass is 10.1. The molecule has 122 valence electrons. The van der Waals surface area contributed by atoms with Crippen LogP contribution in [0.25, 0.3) is 0 Å². The number of amides is 1. The summed E-state index contributed by atoms with van der Waals surface area (Å²) in [5.41, 5.74) is 2.06. The highest BCUT2D eigenvalue weighted by atomic mass is 35.5. The first-order valence-electron chi connectivity index (χ1n) is 7.60. The minimum Gasteiger partial charge on any atom is -0.345 e. The Morgan fingerprint density at radius 2 is 1.74 bits per heavy atom. The second kappa shape index (κ2) is 8.34. The first kappa shape index (κ1) is 17.8. The van der Waals surface area contributed by atoms with E-state index >= 15 is 0 Å². The molecule has 0 spiro atoms. The van der Waals surface area contributed by atoms with E-state index in [9.17, 15) is 4.79 Å². The second-order valence-corrected chi connectivity index (χ2v) is 6.43. The van der Waals surface area contributed by atoms with E-state index < -0.39 is 0 Å². The molecule has 2 aromatic rings. The number of carbonyl (C=O) groups excluding carboxylic acids is 1. The molecule has 0 heterocycles. The van der Waals surface area contributed by atoms with E-state index in [0.717, 1.165) is 11.1 Å². The minimum absolute atomic E-state index is 0.0155. The van der Waals surface area contributed by atoms with Crippen LogP contribution in [0.2, 0.25) is 10.0 Å². The van der Waals surface area contributed by atoms with E-state index in [1.165, 1.54) is 0 Å². The van der Waals surface area contributed by atoms with Crippen LogP contribution in [0.15, 0.2) is 48.5 Å². The maximum absolute atomic E-state index is 12.1. The number of quaternary nitrogens is 1. The monoisotopic (exact) mass is 351 g/mol. The molecule has 5 heteroatoms. The van der Waals surface area contributed by atoms with Crippen LogP contribution in [0.1, 0.15) is 37.1 Å². The molecule has 0 saturated heterocycles. The Balaban J connectivity index is 1.85. The first-order valence-corrected chi connectivity index (χ1v) is 8.35. The van der Waals surface area contributed by atoms with Gasteiger partial charge in [-0.1, -0.05) is 53.5 Å². The van der Waals surface area contributed by atoms with Crippen LogP contribution in [0.5, 0.6) is 0 Å². The Labute approximate surface area is 147 Å². The van der Waals surface area contributed by atoms with Crippen molar-refractivity contribution in [1.82, 2.24) is 5.32 Å². The lowest BCUT2D eigenvalue weighted by Crippen LogP contribution is -2.87. The predicted molar refractivity (Wildman–Crippen MR) is 94.7 cm³/mol. The molecule has 3 nitrogen and oxygen atoms in total. The van der Waals surface area contributed by atoms with Gasteiger partial charge in [0.15, 0.2) is 6.54 Å². The molecule has 2 atom stereocenters. The molecule has 0 aromatic heterocycles. The van der Waals surface area contributed by atoms with Crippen molar-refractivity contribution in [3.05, 3.63) is 69.7 Å². The molecule has 0 radical (unpaired) electrons. The number of nitrogens with one attached hydrogen (secondary N) is 1. The molecule has 0 aliphatic rings. The Morgan fingerprint density at radius 1 is 1.09 bits per heavy atom. The number of rotatable bonds is 6. The van der Waals surface area contributed by atoms with Crippen molar-refractivity contribution in [1.29, 1.82) is 0 Å². The lowest BCUT2D eigenvalue weighted by molar-refractivity contribution is -0.682. The highest BCUT2D eigenvalue weighted by molar-refractivity contribution is 6.31. The van der Waals surface area contributed by atoms with Gasteiger partial charge in [-0.15, -0.1) is 0 Å². The molecule has 0 bridgehead atoms. The molecular weight excluding hydrogens is 331 g/mol. The Bertz CT molecular complexity index is 658.